The molecule has 19 heavy (non-hydrogen) atoms. The van der Waals surface area contributed by atoms with Crippen LogP contribution < -0.4 is 10.6 Å². The summed E-state index contributed by atoms with van der Waals surface area (Å²) in [4.78, 5) is 14.2. The normalized spacial score (nSPS) is 12.3. The maximum atomic E-state index is 12.5. The maximum Gasteiger partial charge on any atom is 0.240 e. The van der Waals surface area contributed by atoms with E-state index < -0.39 is 5.41 Å². The average Bonchev–Trinajstić information content (AvgIpc) is 2.40. The zero-order chi connectivity index (χ0) is 14.6. The summed E-state index contributed by atoms with van der Waals surface area (Å²) in [7, 11) is 0. The molecule has 1 rings (SSSR count). The van der Waals surface area contributed by atoms with Gasteiger partial charge in [-0.25, -0.2) is 0 Å². The van der Waals surface area contributed by atoms with E-state index in [9.17, 15) is 4.79 Å². The van der Waals surface area contributed by atoms with Gasteiger partial charge in [-0.05, 0) is 39.8 Å². The Morgan fingerprint density at radius 1 is 1.37 bits per heavy atom. The van der Waals surface area contributed by atoms with Crippen molar-refractivity contribution in [1.82, 2.24) is 0 Å². The van der Waals surface area contributed by atoms with Crippen molar-refractivity contribution < 1.29 is 10.0 Å². The third-order valence-corrected chi connectivity index (χ3v) is 3.19. The predicted molar refractivity (Wildman–Crippen MR) is 76.4 cm³/mol. The first-order valence-electron chi connectivity index (χ1n) is 6.21. The van der Waals surface area contributed by atoms with Gasteiger partial charge in [0.1, 0.15) is 5.41 Å². The summed E-state index contributed by atoms with van der Waals surface area (Å²) in [5, 5.41) is 11.7. The molecule has 0 bridgehead atoms. The van der Waals surface area contributed by atoms with Crippen LogP contribution >= 0.6 is 0 Å². The Hall–Kier alpha value is -2.04. The van der Waals surface area contributed by atoms with Crippen LogP contribution in [-0.2, 0) is 4.79 Å². The molecule has 1 aromatic rings. The van der Waals surface area contributed by atoms with Crippen molar-refractivity contribution in [2.24, 2.45) is 16.3 Å². The number of hydrogen-bond donors (Lipinski definition) is 2. The second kappa shape index (κ2) is 5.73. The van der Waals surface area contributed by atoms with E-state index in [1.54, 1.807) is 18.7 Å². The second-order valence-electron chi connectivity index (χ2n) is 5.00. The number of anilines is 1. The van der Waals surface area contributed by atoms with E-state index in [2.05, 4.69) is 5.16 Å². The lowest BCUT2D eigenvalue weighted by atomic mass is 9.90. The Labute approximate surface area is 113 Å². The molecule has 0 aliphatic rings. The molecule has 0 aromatic heterocycles. The Bertz CT molecular complexity index is 478. The van der Waals surface area contributed by atoms with Gasteiger partial charge in [0.15, 0.2) is 5.84 Å². The van der Waals surface area contributed by atoms with Crippen LogP contribution in [0.2, 0.25) is 0 Å². The smallest absolute Gasteiger partial charge is 0.240 e. The van der Waals surface area contributed by atoms with E-state index in [1.807, 2.05) is 38.1 Å². The van der Waals surface area contributed by atoms with Crippen molar-refractivity contribution >= 4 is 17.4 Å². The van der Waals surface area contributed by atoms with Crippen LogP contribution in [0.1, 0.15) is 26.3 Å². The summed E-state index contributed by atoms with van der Waals surface area (Å²) in [6.07, 6.45) is 0. The van der Waals surface area contributed by atoms with E-state index in [0.717, 1.165) is 11.3 Å². The van der Waals surface area contributed by atoms with Crippen molar-refractivity contribution in [3.8, 4) is 0 Å². The molecule has 0 aliphatic heterocycles. The van der Waals surface area contributed by atoms with Gasteiger partial charge in [-0.3, -0.25) is 4.79 Å². The van der Waals surface area contributed by atoms with Gasteiger partial charge in [0.2, 0.25) is 5.91 Å². The summed E-state index contributed by atoms with van der Waals surface area (Å²) in [5.74, 6) is -0.294. The van der Waals surface area contributed by atoms with Crippen LogP contribution in [0.3, 0.4) is 0 Å². The molecule has 0 spiro atoms. The minimum Gasteiger partial charge on any atom is -0.409 e. The number of amides is 1. The number of benzene rings is 1. The molecule has 0 saturated carbocycles. The van der Waals surface area contributed by atoms with Gasteiger partial charge in [-0.15, -0.1) is 0 Å². The predicted octanol–water partition coefficient (Wildman–Crippen LogP) is 2.12. The Morgan fingerprint density at radius 3 is 2.32 bits per heavy atom. The molecule has 0 fully saturated rings. The third-order valence-electron chi connectivity index (χ3n) is 3.19. The van der Waals surface area contributed by atoms with Crippen LogP contribution in [0, 0.1) is 12.3 Å². The Morgan fingerprint density at radius 2 is 1.89 bits per heavy atom. The summed E-state index contributed by atoms with van der Waals surface area (Å²) in [5.41, 5.74) is 6.48. The van der Waals surface area contributed by atoms with Crippen molar-refractivity contribution in [2.75, 3.05) is 11.4 Å². The topological polar surface area (TPSA) is 78.9 Å². The van der Waals surface area contributed by atoms with Crippen LogP contribution in [0.25, 0.3) is 0 Å². The molecule has 104 valence electrons. The molecule has 0 saturated heterocycles. The standard InChI is InChI=1S/C14H21N3O2/c1-5-17(11-8-6-10(2)7-9-11)13(18)14(3,4)12(15)16-19/h6-9,19H,5H2,1-4H3,(H2,15,16). The Balaban J connectivity index is 3.10. The van der Waals surface area contributed by atoms with Gasteiger partial charge in [0, 0.05) is 12.2 Å². The van der Waals surface area contributed by atoms with Gasteiger partial charge in [0.25, 0.3) is 0 Å². The molecular weight excluding hydrogens is 242 g/mol. The summed E-state index contributed by atoms with van der Waals surface area (Å²) >= 11 is 0. The van der Waals surface area contributed by atoms with Crippen LogP contribution in [0.4, 0.5) is 5.69 Å². The fourth-order valence-electron chi connectivity index (χ4n) is 1.74. The average molecular weight is 263 g/mol. The highest BCUT2D eigenvalue weighted by Gasteiger charge is 2.36. The quantitative estimate of drug-likeness (QED) is 0.378. The minimum absolute atomic E-state index is 0.0944. The van der Waals surface area contributed by atoms with Crippen molar-refractivity contribution in [3.63, 3.8) is 0 Å². The lowest BCUT2D eigenvalue weighted by molar-refractivity contribution is -0.123. The van der Waals surface area contributed by atoms with E-state index in [-0.39, 0.29) is 11.7 Å². The number of amidine groups is 1. The number of hydrogen-bond acceptors (Lipinski definition) is 3. The molecule has 0 aliphatic carbocycles. The lowest BCUT2D eigenvalue weighted by Gasteiger charge is -2.30. The van der Waals surface area contributed by atoms with E-state index in [0.29, 0.717) is 6.54 Å². The Kier molecular flexibility index (Phi) is 4.53. The first kappa shape index (κ1) is 15.0. The van der Waals surface area contributed by atoms with Gasteiger partial charge in [-0.2, -0.15) is 0 Å². The zero-order valence-corrected chi connectivity index (χ0v) is 11.8. The van der Waals surface area contributed by atoms with E-state index in [4.69, 9.17) is 10.9 Å². The monoisotopic (exact) mass is 263 g/mol. The molecule has 1 aromatic carbocycles. The van der Waals surface area contributed by atoms with Crippen molar-refractivity contribution in [1.29, 1.82) is 0 Å². The fourth-order valence-corrected chi connectivity index (χ4v) is 1.74. The number of carbonyl (C=O) groups is 1. The number of aryl methyl sites for hydroxylation is 1. The van der Waals surface area contributed by atoms with Gasteiger partial charge in [0.05, 0.1) is 0 Å². The largest absolute Gasteiger partial charge is 0.409 e. The van der Waals surface area contributed by atoms with E-state index >= 15 is 0 Å². The molecule has 5 nitrogen and oxygen atoms in total. The highest BCUT2D eigenvalue weighted by molar-refractivity contribution is 6.12. The lowest BCUT2D eigenvalue weighted by Crippen LogP contribution is -2.48. The molecule has 0 heterocycles. The van der Waals surface area contributed by atoms with Crippen LogP contribution in [0.5, 0.6) is 0 Å². The minimum atomic E-state index is -1.05. The van der Waals surface area contributed by atoms with Crippen molar-refractivity contribution in [3.05, 3.63) is 29.8 Å². The summed E-state index contributed by atoms with van der Waals surface area (Å²) in [6, 6.07) is 7.67. The SMILES string of the molecule is CCN(C(=O)C(C)(C)C(N)=NO)c1ccc(C)cc1. The molecule has 0 atom stereocenters. The molecular formula is C14H21N3O2. The summed E-state index contributed by atoms with van der Waals surface area (Å²) < 4.78 is 0. The second-order valence-corrected chi connectivity index (χ2v) is 5.00. The van der Waals surface area contributed by atoms with Gasteiger partial charge in [-0.1, -0.05) is 22.9 Å². The first-order valence-corrected chi connectivity index (χ1v) is 6.21. The highest BCUT2D eigenvalue weighted by atomic mass is 16.4. The number of carbonyl (C=O) groups excluding carboxylic acids is 1. The van der Waals surface area contributed by atoms with E-state index in [1.165, 1.54) is 0 Å². The number of nitrogens with two attached hydrogens (primary N) is 1. The molecule has 0 radical (unpaired) electrons. The zero-order valence-electron chi connectivity index (χ0n) is 11.8. The third kappa shape index (κ3) is 3.05. The van der Waals surface area contributed by atoms with Gasteiger partial charge < -0.3 is 15.8 Å². The highest BCUT2D eigenvalue weighted by Crippen LogP contribution is 2.24. The fraction of sp³-hybridized carbons (Fsp3) is 0.429. The molecule has 1 amide bonds. The first-order chi connectivity index (χ1) is 8.84. The molecule has 0 unspecified atom stereocenters. The van der Waals surface area contributed by atoms with Gasteiger partial charge >= 0.3 is 0 Å². The maximum absolute atomic E-state index is 12.5. The van der Waals surface area contributed by atoms with Crippen molar-refractivity contribution in [2.45, 2.75) is 27.7 Å². The summed E-state index contributed by atoms with van der Waals surface area (Å²) in [6.45, 7) is 7.68. The van der Waals surface area contributed by atoms with Crippen LogP contribution in [0.15, 0.2) is 29.4 Å². The molecule has 3 N–H and O–H groups in total. The number of oxime groups is 1. The number of rotatable bonds is 4. The molecule has 5 heteroatoms. The number of nitrogens with zero attached hydrogens (tertiary/aromatic N) is 2. The van der Waals surface area contributed by atoms with Crippen LogP contribution in [-0.4, -0.2) is 23.5 Å².